The monoisotopic (exact) mass is 529 g/mol. The van der Waals surface area contributed by atoms with Crippen molar-refractivity contribution in [1.29, 1.82) is 5.26 Å². The van der Waals surface area contributed by atoms with Crippen molar-refractivity contribution in [2.24, 2.45) is 0 Å². The zero-order chi connectivity index (χ0) is 27.3. The molecule has 1 amide bonds. The lowest BCUT2D eigenvalue weighted by Crippen LogP contribution is -2.42. The summed E-state index contributed by atoms with van der Waals surface area (Å²) >= 11 is 0. The van der Waals surface area contributed by atoms with Crippen LogP contribution in [0.15, 0.2) is 95.5 Å². The maximum atomic E-state index is 12.7. The van der Waals surface area contributed by atoms with Gasteiger partial charge in [-0.15, -0.1) is 4.83 Å². The van der Waals surface area contributed by atoms with E-state index in [1.165, 1.54) is 6.08 Å². The molecule has 1 heterocycles. The summed E-state index contributed by atoms with van der Waals surface area (Å²) in [4.78, 5) is 25.2. The van der Waals surface area contributed by atoms with Crippen molar-refractivity contribution in [1.82, 2.24) is 20.0 Å². The van der Waals surface area contributed by atoms with Crippen LogP contribution in [0.4, 0.5) is 0 Å². The third-order valence-corrected chi connectivity index (χ3v) is 6.53. The smallest absolute Gasteiger partial charge is 0.339 e. The predicted octanol–water partition coefficient (Wildman–Crippen LogP) is 2.86. The minimum Gasteiger partial charge on any atom is -0.507 e. The number of carbonyl (C=O) groups excluding carboxylic acids is 1. The average Bonchev–Trinajstić information content (AvgIpc) is 3.35. The number of para-hydroxylation sites is 1. The second-order valence-electron chi connectivity index (χ2n) is 7.79. The van der Waals surface area contributed by atoms with Gasteiger partial charge >= 0.3 is 5.97 Å². The summed E-state index contributed by atoms with van der Waals surface area (Å²) in [5.74, 6) is -3.22. The van der Waals surface area contributed by atoms with E-state index in [0.29, 0.717) is 11.3 Å². The van der Waals surface area contributed by atoms with E-state index in [4.69, 9.17) is 5.11 Å². The van der Waals surface area contributed by atoms with Crippen LogP contribution in [0, 0.1) is 11.3 Å². The predicted molar refractivity (Wildman–Crippen MR) is 136 cm³/mol. The summed E-state index contributed by atoms with van der Waals surface area (Å²) in [6.45, 7) is 0. The molecule has 0 atom stereocenters. The number of aromatic hydroxyl groups is 1. The molecule has 0 unspecified atom stereocenters. The highest BCUT2D eigenvalue weighted by Crippen LogP contribution is 2.26. The second kappa shape index (κ2) is 10.8. The van der Waals surface area contributed by atoms with Crippen molar-refractivity contribution in [2.45, 2.75) is 4.90 Å². The summed E-state index contributed by atoms with van der Waals surface area (Å²) in [7, 11) is -4.44. The fraction of sp³-hybridized carbons (Fsp3) is 0. The SMILES string of the molecule is N#CC(=Cc1cn(-c2ccccc2)nc1-c1ccccc1)C(=O)NNS(=O)(=O)c1ccc(O)c(C(=O)O)c1. The molecule has 0 spiro atoms. The van der Waals surface area contributed by atoms with Crippen LogP contribution in [0.2, 0.25) is 0 Å². The van der Waals surface area contributed by atoms with E-state index in [0.717, 1.165) is 29.4 Å². The largest absolute Gasteiger partial charge is 0.507 e. The van der Waals surface area contributed by atoms with Crippen molar-refractivity contribution >= 4 is 28.0 Å². The van der Waals surface area contributed by atoms with E-state index in [-0.39, 0.29) is 0 Å². The number of nitriles is 1. The fourth-order valence-corrected chi connectivity index (χ4v) is 4.29. The van der Waals surface area contributed by atoms with Crippen LogP contribution in [0.25, 0.3) is 23.0 Å². The maximum absolute atomic E-state index is 12.7. The summed E-state index contributed by atoms with van der Waals surface area (Å²) in [6.07, 6.45) is 2.91. The molecule has 0 saturated heterocycles. The fourth-order valence-electron chi connectivity index (χ4n) is 3.42. The van der Waals surface area contributed by atoms with Crippen molar-refractivity contribution in [3.63, 3.8) is 0 Å². The molecule has 4 N–H and O–H groups in total. The van der Waals surface area contributed by atoms with Crippen LogP contribution in [0.5, 0.6) is 5.75 Å². The van der Waals surface area contributed by atoms with Gasteiger partial charge in [0.25, 0.3) is 15.9 Å². The molecule has 0 bridgehead atoms. The van der Waals surface area contributed by atoms with Gasteiger partial charge in [-0.25, -0.2) is 17.9 Å². The van der Waals surface area contributed by atoms with E-state index < -0.39 is 43.7 Å². The van der Waals surface area contributed by atoms with Crippen LogP contribution in [-0.2, 0) is 14.8 Å². The van der Waals surface area contributed by atoms with E-state index in [1.807, 2.05) is 70.9 Å². The Morgan fingerprint density at radius 3 is 2.29 bits per heavy atom. The summed E-state index contributed by atoms with van der Waals surface area (Å²) in [6, 6.07) is 22.6. The number of hydrogen-bond acceptors (Lipinski definition) is 7. The number of carbonyl (C=O) groups is 2. The molecule has 3 aromatic carbocycles. The molecule has 0 fully saturated rings. The zero-order valence-corrected chi connectivity index (χ0v) is 20.3. The van der Waals surface area contributed by atoms with Crippen LogP contribution in [0.1, 0.15) is 15.9 Å². The lowest BCUT2D eigenvalue weighted by molar-refractivity contribution is -0.117. The van der Waals surface area contributed by atoms with Gasteiger partial charge in [0.1, 0.15) is 23.0 Å². The Hall–Kier alpha value is -5.25. The van der Waals surface area contributed by atoms with Crippen LogP contribution in [-0.4, -0.2) is 40.3 Å². The van der Waals surface area contributed by atoms with Gasteiger partial charge in [0.15, 0.2) is 0 Å². The van der Waals surface area contributed by atoms with Gasteiger partial charge in [0.2, 0.25) is 0 Å². The molecule has 0 aliphatic rings. The molecule has 0 saturated carbocycles. The first kappa shape index (κ1) is 25.8. The van der Waals surface area contributed by atoms with Gasteiger partial charge in [-0.05, 0) is 36.4 Å². The standard InChI is InChI=1S/C26H19N5O6S/c27-15-18(25(33)28-30-38(36,37)21-11-12-23(32)22(14-21)26(34)35)13-19-16-31(20-9-5-2-6-10-20)29-24(19)17-7-3-1-4-8-17/h1-14,16,30,32H,(H,28,33)(H,34,35). The highest BCUT2D eigenvalue weighted by atomic mass is 32.2. The first-order valence-corrected chi connectivity index (χ1v) is 12.4. The Bertz CT molecular complexity index is 1690. The summed E-state index contributed by atoms with van der Waals surface area (Å²) in [5, 5.41) is 32.9. The van der Waals surface area contributed by atoms with E-state index in [1.54, 1.807) is 16.9 Å². The molecule has 1 aromatic heterocycles. The normalized spacial score (nSPS) is 11.5. The van der Waals surface area contributed by atoms with E-state index >= 15 is 0 Å². The van der Waals surface area contributed by atoms with Crippen LogP contribution >= 0.6 is 0 Å². The maximum Gasteiger partial charge on any atom is 0.339 e. The Labute approximate surface area is 216 Å². The first-order chi connectivity index (χ1) is 18.2. The number of benzene rings is 3. The number of carboxylic acid groups (broad SMARTS) is 1. The van der Waals surface area contributed by atoms with Gasteiger partial charge in [-0.1, -0.05) is 48.5 Å². The number of carboxylic acids is 1. The number of hydrogen-bond donors (Lipinski definition) is 4. The number of nitrogens with one attached hydrogen (secondary N) is 2. The summed E-state index contributed by atoms with van der Waals surface area (Å²) in [5.41, 5.74) is 3.28. The lowest BCUT2D eigenvalue weighted by Gasteiger charge is -2.09. The number of aromatic carboxylic acids is 1. The second-order valence-corrected chi connectivity index (χ2v) is 9.48. The number of nitrogens with zero attached hydrogens (tertiary/aromatic N) is 3. The number of phenols is 1. The topological polar surface area (TPSA) is 174 Å². The zero-order valence-electron chi connectivity index (χ0n) is 19.4. The van der Waals surface area contributed by atoms with E-state index in [2.05, 4.69) is 5.10 Å². The molecule has 0 radical (unpaired) electrons. The van der Waals surface area contributed by atoms with Crippen molar-refractivity contribution in [2.75, 3.05) is 0 Å². The molecule has 190 valence electrons. The molecule has 12 heteroatoms. The van der Waals surface area contributed by atoms with Gasteiger partial charge in [0, 0.05) is 17.3 Å². The van der Waals surface area contributed by atoms with Crippen molar-refractivity contribution in [3.05, 3.63) is 102 Å². The average molecular weight is 530 g/mol. The third-order valence-electron chi connectivity index (χ3n) is 5.28. The Balaban J connectivity index is 1.63. The highest BCUT2D eigenvalue weighted by Gasteiger charge is 2.21. The molecule has 38 heavy (non-hydrogen) atoms. The van der Waals surface area contributed by atoms with Gasteiger partial charge < -0.3 is 10.2 Å². The number of aromatic nitrogens is 2. The minimum atomic E-state index is -4.44. The van der Waals surface area contributed by atoms with Gasteiger partial charge in [-0.3, -0.25) is 10.2 Å². The molecule has 4 aromatic rings. The van der Waals surface area contributed by atoms with Crippen LogP contribution in [0.3, 0.4) is 0 Å². The third kappa shape index (κ3) is 5.59. The van der Waals surface area contributed by atoms with Gasteiger partial charge in [-0.2, -0.15) is 10.4 Å². The van der Waals surface area contributed by atoms with E-state index in [9.17, 15) is 28.4 Å². The molecular formula is C26H19N5O6S. The number of sulfonamides is 1. The van der Waals surface area contributed by atoms with Crippen LogP contribution < -0.4 is 10.3 Å². The first-order valence-electron chi connectivity index (χ1n) is 10.9. The molecule has 0 aliphatic carbocycles. The molecule has 0 aliphatic heterocycles. The lowest BCUT2D eigenvalue weighted by atomic mass is 10.1. The number of hydrazine groups is 1. The number of rotatable bonds is 8. The van der Waals surface area contributed by atoms with Crippen molar-refractivity contribution in [3.8, 4) is 28.8 Å². The van der Waals surface area contributed by atoms with Gasteiger partial charge in [0.05, 0.1) is 16.3 Å². The molecule has 11 nitrogen and oxygen atoms in total. The van der Waals surface area contributed by atoms with Crippen molar-refractivity contribution < 1.29 is 28.2 Å². The quantitative estimate of drug-likeness (QED) is 0.153. The number of amides is 1. The Morgan fingerprint density at radius 1 is 1.00 bits per heavy atom. The Kier molecular flexibility index (Phi) is 7.33. The molecule has 4 rings (SSSR count). The summed E-state index contributed by atoms with van der Waals surface area (Å²) < 4.78 is 26.7. The highest BCUT2D eigenvalue weighted by molar-refractivity contribution is 7.89. The molecular weight excluding hydrogens is 510 g/mol. The Morgan fingerprint density at radius 2 is 1.66 bits per heavy atom. The minimum absolute atomic E-state index is 0.422.